The maximum atomic E-state index is 11.4. The zero-order chi connectivity index (χ0) is 11.9. The summed E-state index contributed by atoms with van der Waals surface area (Å²) < 4.78 is 21.6. The van der Waals surface area contributed by atoms with E-state index in [-0.39, 0.29) is 6.54 Å². The van der Waals surface area contributed by atoms with E-state index < -0.39 is 26.4 Å². The zero-order valence-electron chi connectivity index (χ0n) is 8.85. The predicted octanol–water partition coefficient (Wildman–Crippen LogP) is -0.265. The summed E-state index contributed by atoms with van der Waals surface area (Å²) in [6.07, 6.45) is 3.37. The lowest BCUT2D eigenvalue weighted by Crippen LogP contribution is -2.46. The van der Waals surface area contributed by atoms with Crippen molar-refractivity contribution in [3.63, 3.8) is 0 Å². The second-order valence-electron chi connectivity index (χ2n) is 4.13. The van der Waals surface area contributed by atoms with E-state index in [0.717, 1.165) is 23.3 Å². The number of rotatable bonds is 3. The number of hydrogen-bond donors (Lipinski definition) is 0. The van der Waals surface area contributed by atoms with Gasteiger partial charge in [0.15, 0.2) is 9.84 Å². The minimum absolute atomic E-state index is 0.115. The van der Waals surface area contributed by atoms with Crippen LogP contribution in [-0.2, 0) is 19.4 Å². The van der Waals surface area contributed by atoms with Crippen LogP contribution in [0.4, 0.5) is 0 Å². The predicted molar refractivity (Wildman–Crippen MR) is 54.8 cm³/mol. The molecule has 0 radical (unpaired) electrons. The Balaban J connectivity index is 2.88. The highest BCUT2D eigenvalue weighted by atomic mass is 32.2. The van der Waals surface area contributed by atoms with Gasteiger partial charge in [-0.05, 0) is 13.8 Å². The number of carbonyl (C=O) groups excluding carboxylic acids is 2. The summed E-state index contributed by atoms with van der Waals surface area (Å²) in [5.41, 5.74) is 0. The Hall–Kier alpha value is -1.17. The fraction of sp³-hybridized carbons (Fsp3) is 0.556. The van der Waals surface area contributed by atoms with Gasteiger partial charge in [0.25, 0.3) is 11.8 Å². The molecule has 0 bridgehead atoms. The van der Waals surface area contributed by atoms with Crippen LogP contribution >= 0.6 is 0 Å². The number of hydrogen-bond acceptors (Lipinski definition) is 4. The minimum atomic E-state index is -3.31. The number of imide groups is 1. The van der Waals surface area contributed by atoms with E-state index >= 15 is 0 Å². The van der Waals surface area contributed by atoms with Crippen LogP contribution in [0.25, 0.3) is 0 Å². The second-order valence-corrected chi connectivity index (χ2v) is 6.78. The Bertz CT molecular complexity index is 415. The molecule has 0 unspecified atom stereocenters. The first-order chi connectivity index (χ1) is 6.65. The second kappa shape index (κ2) is 3.44. The Morgan fingerprint density at radius 3 is 1.93 bits per heavy atom. The van der Waals surface area contributed by atoms with Crippen molar-refractivity contribution in [1.29, 1.82) is 0 Å². The van der Waals surface area contributed by atoms with Crippen molar-refractivity contribution in [2.45, 2.75) is 18.6 Å². The normalized spacial score (nSPS) is 17.7. The molecule has 1 rings (SSSR count). The first-order valence-electron chi connectivity index (χ1n) is 4.38. The summed E-state index contributed by atoms with van der Waals surface area (Å²) in [6.45, 7) is 2.86. The largest absolute Gasteiger partial charge is 0.274 e. The van der Waals surface area contributed by atoms with Crippen LogP contribution in [0.2, 0.25) is 0 Å². The van der Waals surface area contributed by atoms with Gasteiger partial charge in [-0.2, -0.15) is 0 Å². The molecule has 1 heterocycles. The average Bonchev–Trinajstić information content (AvgIpc) is 2.33. The molecular formula is C9H13NO4S. The van der Waals surface area contributed by atoms with Gasteiger partial charge >= 0.3 is 0 Å². The molecule has 0 aromatic rings. The quantitative estimate of drug-likeness (QED) is 0.627. The van der Waals surface area contributed by atoms with Gasteiger partial charge in [-0.25, -0.2) is 8.42 Å². The van der Waals surface area contributed by atoms with Crippen molar-refractivity contribution in [3.8, 4) is 0 Å². The maximum absolute atomic E-state index is 11.4. The molecule has 15 heavy (non-hydrogen) atoms. The highest BCUT2D eigenvalue weighted by Gasteiger charge is 2.36. The summed E-state index contributed by atoms with van der Waals surface area (Å²) in [5.74, 6) is -0.923. The van der Waals surface area contributed by atoms with Crippen LogP contribution in [0.15, 0.2) is 12.2 Å². The van der Waals surface area contributed by atoms with Gasteiger partial charge < -0.3 is 0 Å². The molecule has 0 saturated heterocycles. The fourth-order valence-corrected chi connectivity index (χ4v) is 1.45. The lowest BCUT2D eigenvalue weighted by atomic mass is 10.2. The van der Waals surface area contributed by atoms with Crippen molar-refractivity contribution < 1.29 is 18.0 Å². The van der Waals surface area contributed by atoms with Crippen molar-refractivity contribution >= 4 is 21.7 Å². The Morgan fingerprint density at radius 1 is 1.20 bits per heavy atom. The van der Waals surface area contributed by atoms with Crippen molar-refractivity contribution in [3.05, 3.63) is 12.2 Å². The van der Waals surface area contributed by atoms with Crippen LogP contribution in [-0.4, -0.2) is 42.7 Å². The van der Waals surface area contributed by atoms with Crippen LogP contribution in [0, 0.1) is 0 Å². The molecule has 1 aliphatic rings. The first kappa shape index (κ1) is 11.9. The first-order valence-corrected chi connectivity index (χ1v) is 6.27. The third-order valence-electron chi connectivity index (χ3n) is 2.44. The highest BCUT2D eigenvalue weighted by Crippen LogP contribution is 2.19. The standard InChI is InChI=1S/C9H13NO4S/c1-9(2,15(3,13)14)6-10-7(11)4-5-8(10)12/h4-5H,6H2,1-3H3. The van der Waals surface area contributed by atoms with E-state index in [9.17, 15) is 18.0 Å². The summed E-state index contributed by atoms with van der Waals surface area (Å²) in [4.78, 5) is 23.4. The molecule has 0 atom stereocenters. The molecule has 0 spiro atoms. The number of amides is 2. The molecule has 6 heteroatoms. The van der Waals surface area contributed by atoms with Crippen molar-refractivity contribution in [2.24, 2.45) is 0 Å². The highest BCUT2D eigenvalue weighted by molar-refractivity contribution is 7.92. The van der Waals surface area contributed by atoms with Crippen LogP contribution < -0.4 is 0 Å². The lowest BCUT2D eigenvalue weighted by molar-refractivity contribution is -0.137. The van der Waals surface area contributed by atoms with Crippen LogP contribution in [0.1, 0.15) is 13.8 Å². The number of carbonyl (C=O) groups is 2. The average molecular weight is 231 g/mol. The van der Waals surface area contributed by atoms with Gasteiger partial charge in [-0.1, -0.05) is 0 Å². The van der Waals surface area contributed by atoms with E-state index in [1.807, 2.05) is 0 Å². The number of sulfone groups is 1. The SMILES string of the molecule is CC(C)(CN1C(=O)C=CC1=O)S(C)(=O)=O. The Kier molecular flexibility index (Phi) is 2.73. The molecule has 0 N–H and O–H groups in total. The van der Waals surface area contributed by atoms with Gasteiger partial charge in [0.05, 0.1) is 4.75 Å². The molecule has 84 valence electrons. The molecule has 0 aliphatic carbocycles. The van der Waals surface area contributed by atoms with E-state index in [0.29, 0.717) is 0 Å². The number of nitrogens with zero attached hydrogens (tertiary/aromatic N) is 1. The van der Waals surface area contributed by atoms with Gasteiger partial charge in [0.1, 0.15) is 0 Å². The minimum Gasteiger partial charge on any atom is -0.274 e. The summed E-state index contributed by atoms with van der Waals surface area (Å²) in [7, 11) is -3.31. The molecule has 0 aromatic carbocycles. The molecule has 2 amide bonds. The van der Waals surface area contributed by atoms with Crippen LogP contribution in [0.5, 0.6) is 0 Å². The molecule has 0 aromatic heterocycles. The summed E-state index contributed by atoms with van der Waals surface area (Å²) >= 11 is 0. The van der Waals surface area contributed by atoms with Crippen LogP contribution in [0.3, 0.4) is 0 Å². The third-order valence-corrected chi connectivity index (χ3v) is 4.58. The maximum Gasteiger partial charge on any atom is 0.253 e. The Labute approximate surface area is 88.7 Å². The topological polar surface area (TPSA) is 71.5 Å². The van der Waals surface area contributed by atoms with Gasteiger partial charge in [0.2, 0.25) is 0 Å². The molecule has 5 nitrogen and oxygen atoms in total. The summed E-state index contributed by atoms with van der Waals surface area (Å²) in [5, 5.41) is 0. The molecule has 1 aliphatic heterocycles. The van der Waals surface area contributed by atoms with Gasteiger partial charge in [0, 0.05) is 25.0 Å². The van der Waals surface area contributed by atoms with E-state index in [4.69, 9.17) is 0 Å². The van der Waals surface area contributed by atoms with E-state index in [1.54, 1.807) is 0 Å². The van der Waals surface area contributed by atoms with Crippen molar-refractivity contribution in [2.75, 3.05) is 12.8 Å². The van der Waals surface area contributed by atoms with E-state index in [1.165, 1.54) is 13.8 Å². The smallest absolute Gasteiger partial charge is 0.253 e. The monoisotopic (exact) mass is 231 g/mol. The molecular weight excluding hydrogens is 218 g/mol. The third kappa shape index (κ3) is 2.26. The lowest BCUT2D eigenvalue weighted by Gasteiger charge is -2.27. The molecule has 0 fully saturated rings. The van der Waals surface area contributed by atoms with E-state index in [2.05, 4.69) is 0 Å². The summed E-state index contributed by atoms with van der Waals surface area (Å²) in [6, 6.07) is 0. The van der Waals surface area contributed by atoms with Gasteiger partial charge in [-0.15, -0.1) is 0 Å². The fourth-order valence-electron chi connectivity index (χ4n) is 1.08. The Morgan fingerprint density at radius 2 is 1.60 bits per heavy atom. The van der Waals surface area contributed by atoms with Gasteiger partial charge in [-0.3, -0.25) is 14.5 Å². The molecule has 0 saturated carbocycles. The van der Waals surface area contributed by atoms with Crippen molar-refractivity contribution in [1.82, 2.24) is 4.90 Å². The zero-order valence-corrected chi connectivity index (χ0v) is 9.67.